The molecule has 0 amide bonds. The van der Waals surface area contributed by atoms with E-state index in [-0.39, 0.29) is 21.1 Å². The molecule has 7 rings (SSSR count). The number of aromatic nitrogens is 4. The fraction of sp³-hybridized carbons (Fsp3) is 0.273. The maximum Gasteiger partial charge on any atom is 2.00 e. The molecule has 4 aromatic carbocycles. The Morgan fingerprint density at radius 3 is 2.36 bits per heavy atom. The zero-order valence-corrected chi connectivity index (χ0v) is 31.8. The van der Waals surface area contributed by atoms with Crippen LogP contribution in [0.4, 0.5) is 0 Å². The molecule has 0 saturated heterocycles. The number of pyridine rings is 1. The van der Waals surface area contributed by atoms with Gasteiger partial charge in [0.25, 0.3) is 0 Å². The van der Waals surface area contributed by atoms with E-state index in [0.29, 0.717) is 17.4 Å². The van der Waals surface area contributed by atoms with Crippen molar-refractivity contribution in [3.05, 3.63) is 132 Å². The second kappa shape index (κ2) is 15.6. The summed E-state index contributed by atoms with van der Waals surface area (Å²) in [5.74, 6) is 2.73. The summed E-state index contributed by atoms with van der Waals surface area (Å²) in [6.45, 7) is 11.1. The van der Waals surface area contributed by atoms with E-state index in [2.05, 4.69) is 130 Å². The summed E-state index contributed by atoms with van der Waals surface area (Å²) in [4.78, 5) is 4.82. The summed E-state index contributed by atoms with van der Waals surface area (Å²) >= 11 is 0. The van der Waals surface area contributed by atoms with Gasteiger partial charge in [-0.1, -0.05) is 95.8 Å². The normalized spacial score (nSPS) is 11.4. The molecule has 6 heteroatoms. The molecule has 256 valence electrons. The molecule has 0 spiro atoms. The molecule has 0 N–H and O–H groups in total. The molecule has 3 heterocycles. The number of fused-ring (bicyclic) bond motifs is 3. The summed E-state index contributed by atoms with van der Waals surface area (Å²) < 4.78 is 10.8. The van der Waals surface area contributed by atoms with Gasteiger partial charge in [-0.2, -0.15) is 16.7 Å². The van der Waals surface area contributed by atoms with Gasteiger partial charge in [0.1, 0.15) is 5.82 Å². The molecule has 50 heavy (non-hydrogen) atoms. The van der Waals surface area contributed by atoms with E-state index in [1.165, 1.54) is 27.8 Å². The molecule has 0 fully saturated rings. The Kier molecular flexibility index (Phi) is 11.0. The number of ether oxygens (including phenoxy) is 1. The first-order valence-corrected chi connectivity index (χ1v) is 17.8. The van der Waals surface area contributed by atoms with Gasteiger partial charge >= 0.3 is 21.1 Å². The average molecular weight is 840 g/mol. The fourth-order valence-corrected chi connectivity index (χ4v) is 6.96. The Bertz CT molecular complexity index is 2220. The molecule has 0 saturated carbocycles. The summed E-state index contributed by atoms with van der Waals surface area (Å²) in [7, 11) is 0. The van der Waals surface area contributed by atoms with Crippen molar-refractivity contribution < 1.29 is 25.8 Å². The summed E-state index contributed by atoms with van der Waals surface area (Å²) in [6.07, 6.45) is 12.1. The Labute approximate surface area is 310 Å². The number of rotatable bonds is 12. The van der Waals surface area contributed by atoms with Crippen molar-refractivity contribution in [1.82, 2.24) is 19.3 Å². The maximum atomic E-state index is 6.61. The minimum Gasteiger partial charge on any atom is -0.509 e. The van der Waals surface area contributed by atoms with E-state index < -0.39 is 0 Å². The average Bonchev–Trinajstić information content (AvgIpc) is 3.73. The molecule has 7 aromatic rings. The molecule has 3 aromatic heterocycles. The van der Waals surface area contributed by atoms with Gasteiger partial charge in [-0.25, -0.2) is 4.98 Å². The Balaban J connectivity index is 0.00000432. The van der Waals surface area contributed by atoms with Crippen molar-refractivity contribution >= 4 is 21.8 Å². The van der Waals surface area contributed by atoms with Crippen LogP contribution in [0.15, 0.2) is 97.5 Å². The molecule has 0 aliphatic rings. The minimum atomic E-state index is 0. The van der Waals surface area contributed by atoms with Crippen LogP contribution in [0.1, 0.15) is 69.7 Å². The summed E-state index contributed by atoms with van der Waals surface area (Å²) in [5.41, 5.74) is 10.5. The standard InChI is InChI=1S/C44H44N4O.Pt/c1-6-9-13-31-23-36(47-29-35(28-46-47)44-33(7-2)14-12-15-34(44)8-3)26-38(24-31)49-37-18-19-40-39-16-10-11-17-41(39)48(42(40)27-37)43-25-32(20-21-45-43)22-30(4)5;/h10-12,14-21,23-25,28-30H,6-9,13,22H2,1-5H3;/q-2;+2. The van der Waals surface area contributed by atoms with Crippen molar-refractivity contribution in [2.45, 2.75) is 73.1 Å². The second-order valence-corrected chi connectivity index (χ2v) is 13.3. The van der Waals surface area contributed by atoms with E-state index in [0.717, 1.165) is 77.4 Å². The van der Waals surface area contributed by atoms with Crippen LogP contribution in [-0.2, 0) is 46.7 Å². The maximum absolute atomic E-state index is 6.61. The predicted molar refractivity (Wildman–Crippen MR) is 201 cm³/mol. The number of aryl methyl sites for hydroxylation is 3. The first-order valence-electron chi connectivity index (χ1n) is 17.8. The molecule has 0 bridgehead atoms. The van der Waals surface area contributed by atoms with Gasteiger partial charge in [0.15, 0.2) is 0 Å². The van der Waals surface area contributed by atoms with Crippen molar-refractivity contribution in [3.63, 3.8) is 0 Å². The van der Waals surface area contributed by atoms with E-state index in [1.54, 1.807) is 0 Å². The molecule has 0 atom stereocenters. The monoisotopic (exact) mass is 839 g/mol. The van der Waals surface area contributed by atoms with Crippen LogP contribution in [0.25, 0.3) is 44.4 Å². The number of hydrogen-bond acceptors (Lipinski definition) is 3. The first kappa shape index (κ1) is 35.4. The van der Waals surface area contributed by atoms with Crippen molar-refractivity contribution in [2.24, 2.45) is 5.92 Å². The third-order valence-electron chi connectivity index (χ3n) is 9.29. The third kappa shape index (κ3) is 7.21. The van der Waals surface area contributed by atoms with E-state index in [1.807, 2.05) is 23.1 Å². The van der Waals surface area contributed by atoms with Crippen molar-refractivity contribution in [1.29, 1.82) is 0 Å². The van der Waals surface area contributed by atoms with Crippen LogP contribution >= 0.6 is 0 Å². The summed E-state index contributed by atoms with van der Waals surface area (Å²) in [5, 5.41) is 7.11. The SMILES string of the molecule is CCCCc1cc(Oc2[c-]c3c(cc2)c2ccccc2n3-c2cc(CC(C)C)ccn2)[c-]c(-n2cc(-c3c(CC)cccc3CC)cn2)c1.[Pt+2]. The summed E-state index contributed by atoms with van der Waals surface area (Å²) in [6, 6.07) is 35.0. The van der Waals surface area contributed by atoms with Crippen molar-refractivity contribution in [2.75, 3.05) is 0 Å². The van der Waals surface area contributed by atoms with Gasteiger partial charge < -0.3 is 9.30 Å². The molecule has 0 aliphatic carbocycles. The number of para-hydroxylation sites is 1. The Hall–Kier alpha value is -4.47. The quantitative estimate of drug-likeness (QED) is 0.115. The number of hydrogen-bond donors (Lipinski definition) is 0. The van der Waals surface area contributed by atoms with Gasteiger partial charge in [0.05, 0.1) is 6.20 Å². The zero-order chi connectivity index (χ0) is 33.9. The molecule has 0 radical (unpaired) electrons. The van der Waals surface area contributed by atoms with Crippen LogP contribution in [-0.4, -0.2) is 19.3 Å². The molecule has 0 unspecified atom stereocenters. The van der Waals surface area contributed by atoms with Gasteiger partial charge in [-0.3, -0.25) is 4.68 Å². The number of nitrogens with zero attached hydrogens (tertiary/aromatic N) is 4. The fourth-order valence-electron chi connectivity index (χ4n) is 6.96. The third-order valence-corrected chi connectivity index (χ3v) is 9.29. The number of unbranched alkanes of at least 4 members (excludes halogenated alkanes) is 1. The van der Waals surface area contributed by atoms with Crippen LogP contribution in [0.2, 0.25) is 0 Å². The predicted octanol–water partition coefficient (Wildman–Crippen LogP) is 11.1. The molecule has 0 aliphatic heterocycles. The van der Waals surface area contributed by atoms with E-state index >= 15 is 0 Å². The minimum absolute atomic E-state index is 0. The van der Waals surface area contributed by atoms with Crippen LogP contribution in [0.3, 0.4) is 0 Å². The Morgan fingerprint density at radius 2 is 1.60 bits per heavy atom. The van der Waals surface area contributed by atoms with Gasteiger partial charge in [0.2, 0.25) is 0 Å². The molecular formula is C44H44N4OPt. The van der Waals surface area contributed by atoms with Gasteiger partial charge in [-0.05, 0) is 76.7 Å². The molecule has 5 nitrogen and oxygen atoms in total. The van der Waals surface area contributed by atoms with E-state index in [9.17, 15) is 0 Å². The van der Waals surface area contributed by atoms with Crippen LogP contribution in [0, 0.1) is 18.1 Å². The van der Waals surface area contributed by atoms with Crippen LogP contribution in [0.5, 0.6) is 11.5 Å². The van der Waals surface area contributed by atoms with Crippen molar-refractivity contribution in [3.8, 4) is 34.1 Å². The second-order valence-electron chi connectivity index (χ2n) is 13.3. The molecular weight excluding hydrogens is 796 g/mol. The zero-order valence-electron chi connectivity index (χ0n) is 29.6. The van der Waals surface area contributed by atoms with E-state index in [4.69, 9.17) is 14.8 Å². The van der Waals surface area contributed by atoms with Crippen LogP contribution < -0.4 is 4.74 Å². The van der Waals surface area contributed by atoms with Gasteiger partial charge in [-0.15, -0.1) is 35.7 Å². The number of benzene rings is 4. The van der Waals surface area contributed by atoms with Gasteiger partial charge in [0, 0.05) is 35.0 Å². The topological polar surface area (TPSA) is 44.9 Å². The first-order chi connectivity index (χ1) is 23.9. The smallest absolute Gasteiger partial charge is 0.509 e. The largest absolute Gasteiger partial charge is 2.00 e. The Morgan fingerprint density at radius 1 is 0.800 bits per heavy atom.